The van der Waals surface area contributed by atoms with Crippen LogP contribution in [0.1, 0.15) is 28.5 Å². The molecule has 1 aromatic heterocycles. The Morgan fingerprint density at radius 2 is 1.88 bits per heavy atom. The highest BCUT2D eigenvalue weighted by molar-refractivity contribution is 6.05. The number of hydrogen-bond donors (Lipinski definition) is 0. The fourth-order valence-corrected chi connectivity index (χ4v) is 2.71. The quantitative estimate of drug-likeness (QED) is 0.666. The summed E-state index contributed by atoms with van der Waals surface area (Å²) in [5, 5.41) is 1.74. The van der Waals surface area contributed by atoms with Crippen LogP contribution in [0.2, 0.25) is 0 Å². The lowest BCUT2D eigenvalue weighted by atomic mass is 10.0. The van der Waals surface area contributed by atoms with E-state index in [1.165, 1.54) is 0 Å². The molecule has 1 heterocycles. The monoisotopic (exact) mass is 321 g/mol. The van der Waals surface area contributed by atoms with Crippen LogP contribution in [0.25, 0.3) is 10.8 Å². The molecule has 0 fully saturated rings. The standard InChI is InChI=1S/C20H19NO3/c1-3-24-20(22)18-13-21-19(11-14-7-5-4-6-8-14)17-12-15(23-2)9-10-16(17)18/h4-10,12-13H,3,11H2,1-2H3. The minimum Gasteiger partial charge on any atom is -0.497 e. The van der Waals surface area contributed by atoms with Gasteiger partial charge in [-0.05, 0) is 36.1 Å². The first-order chi connectivity index (χ1) is 11.7. The highest BCUT2D eigenvalue weighted by Gasteiger charge is 2.15. The molecule has 0 saturated heterocycles. The van der Waals surface area contributed by atoms with Crippen molar-refractivity contribution in [3.63, 3.8) is 0 Å². The molecule has 122 valence electrons. The van der Waals surface area contributed by atoms with Crippen LogP contribution in [-0.2, 0) is 11.2 Å². The Kier molecular flexibility index (Phi) is 4.75. The molecule has 0 unspecified atom stereocenters. The van der Waals surface area contributed by atoms with E-state index in [0.717, 1.165) is 27.8 Å². The van der Waals surface area contributed by atoms with E-state index in [2.05, 4.69) is 17.1 Å². The fourth-order valence-electron chi connectivity index (χ4n) is 2.71. The molecule has 0 N–H and O–H groups in total. The van der Waals surface area contributed by atoms with Gasteiger partial charge in [-0.25, -0.2) is 4.79 Å². The number of methoxy groups -OCH3 is 1. The zero-order chi connectivity index (χ0) is 16.9. The number of ether oxygens (including phenoxy) is 2. The number of benzene rings is 2. The van der Waals surface area contributed by atoms with Crippen molar-refractivity contribution in [2.45, 2.75) is 13.3 Å². The summed E-state index contributed by atoms with van der Waals surface area (Å²) in [7, 11) is 1.63. The Morgan fingerprint density at radius 3 is 2.58 bits per heavy atom. The third-order valence-electron chi connectivity index (χ3n) is 3.89. The summed E-state index contributed by atoms with van der Waals surface area (Å²) in [5.74, 6) is 0.381. The predicted octanol–water partition coefficient (Wildman–Crippen LogP) is 4.01. The molecule has 4 nitrogen and oxygen atoms in total. The molecule has 3 aromatic rings. The van der Waals surface area contributed by atoms with Crippen LogP contribution < -0.4 is 4.74 Å². The second-order valence-electron chi connectivity index (χ2n) is 5.41. The van der Waals surface area contributed by atoms with Gasteiger partial charge in [0.2, 0.25) is 0 Å². The van der Waals surface area contributed by atoms with E-state index in [4.69, 9.17) is 9.47 Å². The molecule has 0 spiro atoms. The van der Waals surface area contributed by atoms with Gasteiger partial charge in [-0.1, -0.05) is 30.3 Å². The Balaban J connectivity index is 2.12. The molecule has 4 heteroatoms. The van der Waals surface area contributed by atoms with Gasteiger partial charge in [0.15, 0.2) is 0 Å². The van der Waals surface area contributed by atoms with Crippen LogP contribution in [0.5, 0.6) is 5.75 Å². The Hall–Kier alpha value is -2.88. The van der Waals surface area contributed by atoms with Crippen molar-refractivity contribution < 1.29 is 14.3 Å². The van der Waals surface area contributed by atoms with Crippen molar-refractivity contribution in [3.05, 3.63) is 71.5 Å². The smallest absolute Gasteiger partial charge is 0.340 e. The SMILES string of the molecule is CCOC(=O)c1cnc(Cc2ccccc2)c2cc(OC)ccc12. The number of rotatable bonds is 5. The topological polar surface area (TPSA) is 48.4 Å². The molecule has 0 saturated carbocycles. The Morgan fingerprint density at radius 1 is 1.08 bits per heavy atom. The van der Waals surface area contributed by atoms with E-state index in [1.807, 2.05) is 36.4 Å². The largest absolute Gasteiger partial charge is 0.497 e. The maximum absolute atomic E-state index is 12.2. The van der Waals surface area contributed by atoms with Crippen molar-refractivity contribution in [3.8, 4) is 5.75 Å². The first-order valence-corrected chi connectivity index (χ1v) is 7.89. The molecule has 2 aromatic carbocycles. The lowest BCUT2D eigenvalue weighted by Crippen LogP contribution is -2.07. The highest BCUT2D eigenvalue weighted by atomic mass is 16.5. The van der Waals surface area contributed by atoms with Gasteiger partial charge in [-0.3, -0.25) is 4.98 Å². The van der Waals surface area contributed by atoms with Crippen molar-refractivity contribution in [2.24, 2.45) is 0 Å². The van der Waals surface area contributed by atoms with Crippen molar-refractivity contribution in [1.29, 1.82) is 0 Å². The van der Waals surface area contributed by atoms with E-state index in [0.29, 0.717) is 18.6 Å². The average Bonchev–Trinajstić information content (AvgIpc) is 2.62. The van der Waals surface area contributed by atoms with Crippen LogP contribution in [0.4, 0.5) is 0 Å². The molecular weight excluding hydrogens is 302 g/mol. The van der Waals surface area contributed by atoms with Gasteiger partial charge in [-0.2, -0.15) is 0 Å². The van der Waals surface area contributed by atoms with Gasteiger partial charge in [-0.15, -0.1) is 0 Å². The van der Waals surface area contributed by atoms with E-state index < -0.39 is 0 Å². The van der Waals surface area contributed by atoms with Crippen LogP contribution in [0, 0.1) is 0 Å². The molecule has 0 aliphatic carbocycles. The number of esters is 1. The summed E-state index contributed by atoms with van der Waals surface area (Å²) in [6, 6.07) is 15.8. The number of carbonyl (C=O) groups is 1. The van der Waals surface area contributed by atoms with Crippen LogP contribution in [0.3, 0.4) is 0 Å². The number of nitrogens with zero attached hydrogens (tertiary/aromatic N) is 1. The molecule has 24 heavy (non-hydrogen) atoms. The first-order valence-electron chi connectivity index (χ1n) is 7.89. The molecule has 3 rings (SSSR count). The summed E-state index contributed by atoms with van der Waals surface area (Å²) in [5.41, 5.74) is 2.55. The first kappa shape index (κ1) is 16.0. The lowest BCUT2D eigenvalue weighted by Gasteiger charge is -2.11. The summed E-state index contributed by atoms with van der Waals surface area (Å²) < 4.78 is 10.5. The summed E-state index contributed by atoms with van der Waals surface area (Å²) in [6.45, 7) is 2.13. The van der Waals surface area contributed by atoms with E-state index in [1.54, 1.807) is 20.2 Å². The van der Waals surface area contributed by atoms with Gasteiger partial charge in [0.1, 0.15) is 5.75 Å². The number of pyridine rings is 1. The van der Waals surface area contributed by atoms with Gasteiger partial charge in [0.05, 0.1) is 25.0 Å². The van der Waals surface area contributed by atoms with Crippen LogP contribution in [0.15, 0.2) is 54.7 Å². The highest BCUT2D eigenvalue weighted by Crippen LogP contribution is 2.27. The van der Waals surface area contributed by atoms with E-state index in [9.17, 15) is 4.79 Å². The molecule has 0 aliphatic heterocycles. The number of hydrogen-bond acceptors (Lipinski definition) is 4. The molecule has 0 bridgehead atoms. The predicted molar refractivity (Wildman–Crippen MR) is 93.5 cm³/mol. The Labute approximate surface area is 141 Å². The molecule has 0 aliphatic rings. The summed E-state index contributed by atoms with van der Waals surface area (Å²) in [6.07, 6.45) is 2.29. The Bertz CT molecular complexity index is 859. The number of aromatic nitrogens is 1. The summed E-state index contributed by atoms with van der Waals surface area (Å²) in [4.78, 5) is 16.7. The van der Waals surface area contributed by atoms with Gasteiger partial charge < -0.3 is 9.47 Å². The number of fused-ring (bicyclic) bond motifs is 1. The van der Waals surface area contributed by atoms with E-state index in [-0.39, 0.29) is 5.97 Å². The maximum Gasteiger partial charge on any atom is 0.340 e. The molecule has 0 atom stereocenters. The second-order valence-corrected chi connectivity index (χ2v) is 5.41. The van der Waals surface area contributed by atoms with E-state index >= 15 is 0 Å². The van der Waals surface area contributed by atoms with Crippen molar-refractivity contribution >= 4 is 16.7 Å². The molecule has 0 radical (unpaired) electrons. The van der Waals surface area contributed by atoms with Gasteiger partial charge >= 0.3 is 5.97 Å². The van der Waals surface area contributed by atoms with Crippen molar-refractivity contribution in [1.82, 2.24) is 4.98 Å². The van der Waals surface area contributed by atoms with Crippen molar-refractivity contribution in [2.75, 3.05) is 13.7 Å². The second kappa shape index (κ2) is 7.13. The minimum atomic E-state index is -0.355. The fraction of sp³-hybridized carbons (Fsp3) is 0.200. The molecule has 0 amide bonds. The summed E-state index contributed by atoms with van der Waals surface area (Å²) >= 11 is 0. The minimum absolute atomic E-state index is 0.336. The van der Waals surface area contributed by atoms with Crippen LogP contribution in [-0.4, -0.2) is 24.7 Å². The maximum atomic E-state index is 12.2. The third kappa shape index (κ3) is 3.23. The zero-order valence-electron chi connectivity index (χ0n) is 13.8. The van der Waals surface area contributed by atoms with Crippen LogP contribution >= 0.6 is 0 Å². The average molecular weight is 321 g/mol. The number of carbonyl (C=O) groups excluding carboxylic acids is 1. The zero-order valence-corrected chi connectivity index (χ0v) is 13.8. The van der Waals surface area contributed by atoms with Gasteiger partial charge in [0, 0.05) is 18.0 Å². The molecular formula is C20H19NO3. The van der Waals surface area contributed by atoms with Gasteiger partial charge in [0.25, 0.3) is 0 Å². The lowest BCUT2D eigenvalue weighted by molar-refractivity contribution is 0.0528. The third-order valence-corrected chi connectivity index (χ3v) is 3.89. The normalized spacial score (nSPS) is 10.6.